The fraction of sp³-hybridized carbons (Fsp3) is 0.125. The van der Waals surface area contributed by atoms with Gasteiger partial charge < -0.3 is 5.32 Å². The number of alkyl halides is 3. The van der Waals surface area contributed by atoms with Crippen molar-refractivity contribution in [3.8, 4) is 11.1 Å². The maximum absolute atomic E-state index is 13.1. The van der Waals surface area contributed by atoms with Crippen LogP contribution in [0.5, 0.6) is 0 Å². The van der Waals surface area contributed by atoms with Crippen LogP contribution in [0.25, 0.3) is 11.1 Å². The number of hydrogen-bond acceptors (Lipinski definition) is 2. The molecule has 1 aliphatic heterocycles. The molecular weight excluding hydrogens is 421 g/mol. The number of fused-ring (bicyclic) bond motifs is 3. The molecule has 1 N–H and O–H groups in total. The smallest absolute Gasteiger partial charge is 0.353 e. The Hall–Kier alpha value is -3.32. The van der Waals surface area contributed by atoms with Crippen molar-refractivity contribution in [1.82, 2.24) is 5.32 Å². The highest BCUT2D eigenvalue weighted by molar-refractivity contribution is 7.80. The first-order chi connectivity index (χ1) is 14.8. The monoisotopic (exact) mass is 436 g/mol. The number of halogens is 3. The second-order valence-corrected chi connectivity index (χ2v) is 7.90. The first-order valence-electron chi connectivity index (χ1n) is 9.63. The molecular formula is C24H15F3N2OS. The van der Waals surface area contributed by atoms with E-state index in [1.54, 1.807) is 6.07 Å². The number of thiocarbonyl (C=S) groups is 1. The van der Waals surface area contributed by atoms with Crippen molar-refractivity contribution >= 4 is 28.8 Å². The molecule has 2 aliphatic rings. The SMILES string of the molecule is O=C1c2ccccc2C2=NC(=S)NC(c3cccc(-c4ccc(C(F)(F)F)cc4)c3)C12. The van der Waals surface area contributed by atoms with Crippen molar-refractivity contribution in [2.45, 2.75) is 12.2 Å². The normalized spacial score (nSPS) is 20.0. The number of nitrogens with zero attached hydrogens (tertiary/aromatic N) is 1. The van der Waals surface area contributed by atoms with Crippen molar-refractivity contribution in [1.29, 1.82) is 0 Å². The van der Waals surface area contributed by atoms with E-state index in [0.29, 0.717) is 22.0 Å². The molecule has 1 heterocycles. The fourth-order valence-corrected chi connectivity index (χ4v) is 4.44. The van der Waals surface area contributed by atoms with E-state index in [4.69, 9.17) is 12.2 Å². The Kier molecular flexibility index (Phi) is 4.51. The van der Waals surface area contributed by atoms with E-state index in [1.165, 1.54) is 12.1 Å². The minimum Gasteiger partial charge on any atom is -0.353 e. The fourth-order valence-electron chi connectivity index (χ4n) is 4.22. The molecule has 0 saturated carbocycles. The summed E-state index contributed by atoms with van der Waals surface area (Å²) in [5, 5.41) is 3.46. The number of nitrogens with one attached hydrogen (secondary N) is 1. The van der Waals surface area contributed by atoms with Gasteiger partial charge in [-0.25, -0.2) is 4.99 Å². The molecule has 0 spiro atoms. The molecule has 3 nitrogen and oxygen atoms in total. The topological polar surface area (TPSA) is 41.5 Å². The third kappa shape index (κ3) is 3.35. The van der Waals surface area contributed by atoms with Crippen molar-refractivity contribution in [2.24, 2.45) is 10.9 Å². The summed E-state index contributed by atoms with van der Waals surface area (Å²) in [7, 11) is 0. The van der Waals surface area contributed by atoms with E-state index in [1.807, 2.05) is 42.5 Å². The summed E-state index contributed by atoms with van der Waals surface area (Å²) in [6.45, 7) is 0. The van der Waals surface area contributed by atoms with Crippen LogP contribution in [0.15, 0.2) is 77.8 Å². The third-order valence-electron chi connectivity index (χ3n) is 5.67. The molecule has 2 atom stereocenters. The lowest BCUT2D eigenvalue weighted by Gasteiger charge is -2.29. The molecule has 154 valence electrons. The summed E-state index contributed by atoms with van der Waals surface area (Å²) in [4.78, 5) is 17.6. The molecule has 1 aliphatic carbocycles. The Morgan fingerprint density at radius 3 is 2.29 bits per heavy atom. The van der Waals surface area contributed by atoms with Crippen LogP contribution in [0.1, 0.15) is 33.1 Å². The van der Waals surface area contributed by atoms with Crippen LogP contribution in [-0.4, -0.2) is 16.6 Å². The van der Waals surface area contributed by atoms with Gasteiger partial charge in [-0.2, -0.15) is 13.2 Å². The van der Waals surface area contributed by atoms with E-state index in [-0.39, 0.29) is 5.78 Å². The van der Waals surface area contributed by atoms with Crippen molar-refractivity contribution in [2.75, 3.05) is 0 Å². The van der Waals surface area contributed by atoms with Crippen LogP contribution in [0.3, 0.4) is 0 Å². The van der Waals surface area contributed by atoms with Crippen molar-refractivity contribution < 1.29 is 18.0 Å². The van der Waals surface area contributed by atoms with E-state index in [2.05, 4.69) is 10.3 Å². The van der Waals surface area contributed by atoms with E-state index in [9.17, 15) is 18.0 Å². The van der Waals surface area contributed by atoms with E-state index in [0.717, 1.165) is 28.8 Å². The van der Waals surface area contributed by atoms with E-state index >= 15 is 0 Å². The number of benzene rings is 3. The minimum absolute atomic E-state index is 0.0192. The minimum atomic E-state index is -4.38. The Morgan fingerprint density at radius 2 is 1.58 bits per heavy atom. The Balaban J connectivity index is 1.53. The lowest BCUT2D eigenvalue weighted by atomic mass is 9.86. The zero-order chi connectivity index (χ0) is 21.8. The van der Waals surface area contributed by atoms with Crippen LogP contribution >= 0.6 is 12.2 Å². The highest BCUT2D eigenvalue weighted by atomic mass is 32.1. The molecule has 0 bridgehead atoms. The van der Waals surface area contributed by atoms with Crippen LogP contribution in [0.2, 0.25) is 0 Å². The average Bonchev–Trinajstić information content (AvgIpc) is 3.05. The zero-order valence-electron chi connectivity index (χ0n) is 16.0. The highest BCUT2D eigenvalue weighted by Gasteiger charge is 2.44. The van der Waals surface area contributed by atoms with Gasteiger partial charge in [0.05, 0.1) is 23.2 Å². The molecule has 0 fully saturated rings. The third-order valence-corrected chi connectivity index (χ3v) is 5.88. The highest BCUT2D eigenvalue weighted by Crippen LogP contribution is 2.39. The Bertz CT molecular complexity index is 1250. The van der Waals surface area contributed by atoms with Gasteiger partial charge >= 0.3 is 6.18 Å². The first kappa shape index (κ1) is 19.6. The number of rotatable bonds is 2. The number of Topliss-reactive ketones (excluding diaryl/α,β-unsaturated/α-hetero) is 1. The van der Waals surface area contributed by atoms with E-state index < -0.39 is 23.7 Å². The van der Waals surface area contributed by atoms with Gasteiger partial charge in [0.1, 0.15) is 0 Å². The molecule has 3 aromatic rings. The first-order valence-corrected chi connectivity index (χ1v) is 10.0. The summed E-state index contributed by atoms with van der Waals surface area (Å²) < 4.78 is 38.6. The number of carbonyl (C=O) groups excluding carboxylic acids is 1. The van der Waals surface area contributed by atoms with Gasteiger partial charge in [0, 0.05) is 11.1 Å². The predicted octanol–water partition coefficient (Wildman–Crippen LogP) is 5.60. The molecule has 3 aromatic carbocycles. The van der Waals surface area contributed by atoms with Gasteiger partial charge in [0.25, 0.3) is 0 Å². The molecule has 0 radical (unpaired) electrons. The lowest BCUT2D eigenvalue weighted by Crippen LogP contribution is -2.41. The number of carbonyl (C=O) groups is 1. The van der Waals surface area contributed by atoms with Gasteiger partial charge in [0.2, 0.25) is 0 Å². The van der Waals surface area contributed by atoms with Gasteiger partial charge in [-0.15, -0.1) is 0 Å². The number of ketones is 1. The molecule has 5 rings (SSSR count). The molecule has 31 heavy (non-hydrogen) atoms. The van der Waals surface area contributed by atoms with Crippen LogP contribution in [-0.2, 0) is 6.18 Å². The Labute approximate surface area is 181 Å². The van der Waals surface area contributed by atoms with Gasteiger partial charge in [-0.05, 0) is 47.1 Å². The summed E-state index contributed by atoms with van der Waals surface area (Å²) in [5.41, 5.74) is 3.62. The summed E-state index contributed by atoms with van der Waals surface area (Å²) in [6, 6.07) is 19.4. The second-order valence-electron chi connectivity index (χ2n) is 7.51. The zero-order valence-corrected chi connectivity index (χ0v) is 16.8. The summed E-state index contributed by atoms with van der Waals surface area (Å²) in [5.74, 6) is -0.527. The maximum atomic E-state index is 13.1. The van der Waals surface area contributed by atoms with Gasteiger partial charge in [-0.3, -0.25) is 4.79 Å². The molecule has 2 unspecified atom stereocenters. The van der Waals surface area contributed by atoms with Crippen molar-refractivity contribution in [3.63, 3.8) is 0 Å². The maximum Gasteiger partial charge on any atom is 0.416 e. The average molecular weight is 436 g/mol. The largest absolute Gasteiger partial charge is 0.416 e. The van der Waals surface area contributed by atoms with Gasteiger partial charge in [-0.1, -0.05) is 54.6 Å². The standard InChI is InChI=1S/C24H15F3N2OS/c25-24(26,27)16-10-8-13(9-11-16)14-4-3-5-15(12-14)20-19-21(29-23(31)28-20)17-6-1-2-7-18(17)22(19)30/h1-12,19-20H,(H,28,31). The number of aliphatic imine (C=N–C) groups is 1. The molecule has 7 heteroatoms. The van der Waals surface area contributed by atoms with Crippen LogP contribution in [0.4, 0.5) is 13.2 Å². The quantitative estimate of drug-likeness (QED) is 0.532. The predicted molar refractivity (Wildman–Crippen MR) is 116 cm³/mol. The summed E-state index contributed by atoms with van der Waals surface area (Å²) >= 11 is 5.33. The lowest BCUT2D eigenvalue weighted by molar-refractivity contribution is -0.137. The number of hydrogen-bond donors (Lipinski definition) is 1. The van der Waals surface area contributed by atoms with Crippen LogP contribution in [0, 0.1) is 5.92 Å². The van der Waals surface area contributed by atoms with Crippen LogP contribution < -0.4 is 5.32 Å². The second kappa shape index (κ2) is 7.13. The molecule has 0 aromatic heterocycles. The Morgan fingerprint density at radius 1 is 0.871 bits per heavy atom. The summed E-state index contributed by atoms with van der Waals surface area (Å²) in [6.07, 6.45) is -4.38. The van der Waals surface area contributed by atoms with Gasteiger partial charge in [0.15, 0.2) is 10.9 Å². The van der Waals surface area contributed by atoms with Crippen molar-refractivity contribution in [3.05, 3.63) is 95.1 Å². The molecule has 0 amide bonds. The molecule has 0 saturated heterocycles.